The topological polar surface area (TPSA) is 52.0 Å². The molecule has 1 rings (SSSR count). The summed E-state index contributed by atoms with van der Waals surface area (Å²) >= 11 is 0. The molecule has 4 N–H and O–H groups in total. The summed E-state index contributed by atoms with van der Waals surface area (Å²) in [6.07, 6.45) is 0. The molecular formula is C14H24N2. The summed E-state index contributed by atoms with van der Waals surface area (Å²) < 4.78 is 0. The van der Waals surface area contributed by atoms with Gasteiger partial charge in [0, 0.05) is 0 Å². The molecule has 0 spiro atoms. The van der Waals surface area contributed by atoms with Crippen LogP contribution < -0.4 is 11.5 Å². The second-order valence-electron chi connectivity index (χ2n) is 5.89. The molecule has 1 aromatic carbocycles. The molecule has 16 heavy (non-hydrogen) atoms. The molecule has 0 bridgehead atoms. The van der Waals surface area contributed by atoms with E-state index in [0.29, 0.717) is 5.92 Å². The average Bonchev–Trinajstić information content (AvgIpc) is 2.11. The van der Waals surface area contributed by atoms with Gasteiger partial charge in [0.25, 0.3) is 0 Å². The predicted molar refractivity (Wildman–Crippen MR) is 72.8 cm³/mol. The molecule has 0 atom stereocenters. The molecule has 2 nitrogen and oxygen atoms in total. The quantitative estimate of drug-likeness (QED) is 0.711. The number of anilines is 2. The fourth-order valence-corrected chi connectivity index (χ4v) is 2.12. The van der Waals surface area contributed by atoms with Crippen molar-refractivity contribution in [2.75, 3.05) is 11.5 Å². The average molecular weight is 220 g/mol. The standard InChI is InChI=1S/C14H24N2/c1-8(2)11-10(14(4,5)6)7-9(3)12(15)13(11)16/h7-8H,15-16H2,1-6H3. The van der Waals surface area contributed by atoms with Crippen LogP contribution in [0.15, 0.2) is 6.07 Å². The Morgan fingerprint density at radius 3 is 1.94 bits per heavy atom. The van der Waals surface area contributed by atoms with E-state index in [1.54, 1.807) is 0 Å². The second kappa shape index (κ2) is 4.00. The summed E-state index contributed by atoms with van der Waals surface area (Å²) in [7, 11) is 0. The third kappa shape index (κ3) is 2.16. The fourth-order valence-electron chi connectivity index (χ4n) is 2.12. The van der Waals surface area contributed by atoms with Gasteiger partial charge < -0.3 is 11.5 Å². The van der Waals surface area contributed by atoms with Crippen LogP contribution in [0, 0.1) is 6.92 Å². The van der Waals surface area contributed by atoms with Crippen LogP contribution in [0.5, 0.6) is 0 Å². The highest BCUT2D eigenvalue weighted by Gasteiger charge is 2.23. The van der Waals surface area contributed by atoms with Crippen molar-refractivity contribution in [1.29, 1.82) is 0 Å². The molecule has 0 aromatic heterocycles. The zero-order chi connectivity index (χ0) is 12.7. The van der Waals surface area contributed by atoms with E-state index >= 15 is 0 Å². The number of benzene rings is 1. The number of aryl methyl sites for hydroxylation is 1. The van der Waals surface area contributed by atoms with E-state index in [4.69, 9.17) is 11.5 Å². The number of rotatable bonds is 1. The summed E-state index contributed by atoms with van der Waals surface area (Å²) in [5, 5.41) is 0. The van der Waals surface area contributed by atoms with Crippen LogP contribution in [0.4, 0.5) is 11.4 Å². The Labute approximate surface area is 99.0 Å². The molecule has 0 radical (unpaired) electrons. The van der Waals surface area contributed by atoms with Crippen molar-refractivity contribution >= 4 is 11.4 Å². The molecule has 0 saturated carbocycles. The summed E-state index contributed by atoms with van der Waals surface area (Å²) in [4.78, 5) is 0. The Morgan fingerprint density at radius 1 is 1.06 bits per heavy atom. The van der Waals surface area contributed by atoms with E-state index in [-0.39, 0.29) is 5.41 Å². The first-order chi connectivity index (χ1) is 7.16. The maximum Gasteiger partial charge on any atom is 0.0588 e. The molecule has 0 amide bonds. The van der Waals surface area contributed by atoms with Crippen molar-refractivity contribution in [3.63, 3.8) is 0 Å². The molecule has 90 valence electrons. The van der Waals surface area contributed by atoms with Crippen molar-refractivity contribution < 1.29 is 0 Å². The van der Waals surface area contributed by atoms with Crippen LogP contribution in [-0.2, 0) is 5.41 Å². The van der Waals surface area contributed by atoms with Gasteiger partial charge in [-0.05, 0) is 34.9 Å². The Morgan fingerprint density at radius 2 is 1.56 bits per heavy atom. The van der Waals surface area contributed by atoms with E-state index in [2.05, 4.69) is 40.7 Å². The Hall–Kier alpha value is -1.18. The molecule has 0 saturated heterocycles. The molecule has 0 aliphatic heterocycles. The SMILES string of the molecule is Cc1cc(C(C)(C)C)c(C(C)C)c(N)c1N. The smallest absolute Gasteiger partial charge is 0.0588 e. The fraction of sp³-hybridized carbons (Fsp3) is 0.571. The highest BCUT2D eigenvalue weighted by atomic mass is 14.7. The van der Waals surface area contributed by atoms with Crippen molar-refractivity contribution in [2.24, 2.45) is 0 Å². The summed E-state index contributed by atoms with van der Waals surface area (Å²) in [5.74, 6) is 0.400. The first-order valence-corrected chi connectivity index (χ1v) is 5.85. The molecule has 0 unspecified atom stereocenters. The minimum atomic E-state index is 0.103. The number of nitrogens with two attached hydrogens (primary N) is 2. The van der Waals surface area contributed by atoms with E-state index in [0.717, 1.165) is 16.9 Å². The highest BCUT2D eigenvalue weighted by Crippen LogP contribution is 2.38. The first kappa shape index (κ1) is 12.9. The molecule has 2 heteroatoms. The van der Waals surface area contributed by atoms with Crippen molar-refractivity contribution in [2.45, 2.75) is 52.9 Å². The third-order valence-electron chi connectivity index (χ3n) is 3.04. The largest absolute Gasteiger partial charge is 0.397 e. The van der Waals surface area contributed by atoms with E-state index in [1.165, 1.54) is 11.1 Å². The highest BCUT2D eigenvalue weighted by molar-refractivity contribution is 5.74. The van der Waals surface area contributed by atoms with Gasteiger partial charge in [-0.1, -0.05) is 40.7 Å². The van der Waals surface area contributed by atoms with Gasteiger partial charge in [-0.15, -0.1) is 0 Å². The number of hydrogen-bond acceptors (Lipinski definition) is 2. The second-order valence-corrected chi connectivity index (χ2v) is 5.89. The van der Waals surface area contributed by atoms with Crippen LogP contribution in [0.1, 0.15) is 57.2 Å². The molecule has 0 aliphatic rings. The summed E-state index contributed by atoms with van der Waals surface area (Å²) in [5.41, 5.74) is 17.4. The lowest BCUT2D eigenvalue weighted by Gasteiger charge is -2.28. The Bertz CT molecular complexity index is 398. The van der Waals surface area contributed by atoms with Gasteiger partial charge in [0.15, 0.2) is 0 Å². The maximum atomic E-state index is 6.16. The predicted octanol–water partition coefficient (Wildman–Crippen LogP) is 3.58. The van der Waals surface area contributed by atoms with Crippen LogP contribution in [0.25, 0.3) is 0 Å². The molecule has 0 fully saturated rings. The number of nitrogen functional groups attached to an aromatic ring is 2. The lowest BCUT2D eigenvalue weighted by Crippen LogP contribution is -2.18. The van der Waals surface area contributed by atoms with E-state index in [9.17, 15) is 0 Å². The zero-order valence-corrected chi connectivity index (χ0v) is 11.3. The van der Waals surface area contributed by atoms with Crippen LogP contribution in [0.3, 0.4) is 0 Å². The summed E-state index contributed by atoms with van der Waals surface area (Å²) in [6.45, 7) is 13.0. The minimum absolute atomic E-state index is 0.103. The van der Waals surface area contributed by atoms with Crippen molar-refractivity contribution in [3.05, 3.63) is 22.8 Å². The van der Waals surface area contributed by atoms with Crippen molar-refractivity contribution in [3.8, 4) is 0 Å². The van der Waals surface area contributed by atoms with Crippen LogP contribution in [-0.4, -0.2) is 0 Å². The Kier molecular flexibility index (Phi) is 3.22. The summed E-state index contributed by atoms with van der Waals surface area (Å²) in [6, 6.07) is 2.18. The van der Waals surface area contributed by atoms with Crippen LogP contribution >= 0.6 is 0 Å². The molecule has 0 heterocycles. The molecular weight excluding hydrogens is 196 g/mol. The maximum absolute atomic E-state index is 6.16. The van der Waals surface area contributed by atoms with Gasteiger partial charge in [0.05, 0.1) is 11.4 Å². The lowest BCUT2D eigenvalue weighted by atomic mass is 9.78. The minimum Gasteiger partial charge on any atom is -0.397 e. The van der Waals surface area contributed by atoms with E-state index < -0.39 is 0 Å². The monoisotopic (exact) mass is 220 g/mol. The van der Waals surface area contributed by atoms with Gasteiger partial charge in [-0.25, -0.2) is 0 Å². The molecule has 1 aromatic rings. The first-order valence-electron chi connectivity index (χ1n) is 5.85. The lowest BCUT2D eigenvalue weighted by molar-refractivity contribution is 0.577. The number of hydrogen-bond donors (Lipinski definition) is 2. The van der Waals surface area contributed by atoms with Gasteiger partial charge in [0.1, 0.15) is 0 Å². The molecule has 0 aliphatic carbocycles. The van der Waals surface area contributed by atoms with Gasteiger partial charge in [-0.2, -0.15) is 0 Å². The van der Waals surface area contributed by atoms with Crippen molar-refractivity contribution in [1.82, 2.24) is 0 Å². The zero-order valence-electron chi connectivity index (χ0n) is 11.3. The normalized spacial score (nSPS) is 12.2. The van der Waals surface area contributed by atoms with Crippen LogP contribution in [0.2, 0.25) is 0 Å². The van der Waals surface area contributed by atoms with Gasteiger partial charge in [-0.3, -0.25) is 0 Å². The Balaban J connectivity index is 3.61. The van der Waals surface area contributed by atoms with Gasteiger partial charge >= 0.3 is 0 Å². The van der Waals surface area contributed by atoms with E-state index in [1.807, 2.05) is 6.92 Å². The van der Waals surface area contributed by atoms with Gasteiger partial charge in [0.2, 0.25) is 0 Å². The third-order valence-corrected chi connectivity index (χ3v) is 3.04.